The molecule has 0 bridgehead atoms. The van der Waals surface area contributed by atoms with Crippen LogP contribution < -0.4 is 10.6 Å². The number of guanidine groups is 1. The number of nitrogens with zero attached hydrogens (tertiary/aromatic N) is 2. The number of aliphatic imine (C=N–C) groups is 1. The SMILES string of the molecule is CCOC1CC(NC(=NC)NC2CCN(S(=O)(=O)C(F)(F)F)CC2)C12CCC2. The lowest BCUT2D eigenvalue weighted by Gasteiger charge is -2.61. The normalized spacial score (nSPS) is 29.2. The molecule has 2 atom stereocenters. The van der Waals surface area contributed by atoms with Crippen molar-refractivity contribution in [2.24, 2.45) is 10.4 Å². The number of rotatable bonds is 5. The van der Waals surface area contributed by atoms with Crippen molar-refractivity contribution in [3.05, 3.63) is 0 Å². The minimum absolute atomic E-state index is 0.119. The summed E-state index contributed by atoms with van der Waals surface area (Å²) in [5, 5.41) is 6.69. The maximum atomic E-state index is 12.7. The molecule has 7 nitrogen and oxygen atoms in total. The average Bonchev–Trinajstić information content (AvgIpc) is 2.57. The molecule has 1 aliphatic heterocycles. The fraction of sp³-hybridized carbons (Fsp3) is 0.941. The van der Waals surface area contributed by atoms with Crippen LogP contribution in [0.1, 0.15) is 45.4 Å². The van der Waals surface area contributed by atoms with E-state index in [1.807, 2.05) is 6.92 Å². The van der Waals surface area contributed by atoms with Crippen molar-refractivity contribution >= 4 is 16.0 Å². The van der Waals surface area contributed by atoms with E-state index < -0.39 is 15.5 Å². The minimum atomic E-state index is -5.25. The van der Waals surface area contributed by atoms with Gasteiger partial charge in [-0.25, -0.2) is 8.42 Å². The Hall–Kier alpha value is -1.07. The van der Waals surface area contributed by atoms with Gasteiger partial charge in [-0.15, -0.1) is 0 Å². The third-order valence-electron chi connectivity index (χ3n) is 6.40. The zero-order valence-electron chi connectivity index (χ0n) is 16.3. The number of hydrogen-bond acceptors (Lipinski definition) is 4. The Labute approximate surface area is 164 Å². The summed E-state index contributed by atoms with van der Waals surface area (Å²) in [6.45, 7) is 2.39. The summed E-state index contributed by atoms with van der Waals surface area (Å²) in [7, 11) is -3.59. The fourth-order valence-corrected chi connectivity index (χ4v) is 5.54. The van der Waals surface area contributed by atoms with E-state index in [1.54, 1.807) is 7.05 Å². The van der Waals surface area contributed by atoms with Crippen molar-refractivity contribution in [3.8, 4) is 0 Å². The first-order valence-electron chi connectivity index (χ1n) is 9.82. The monoisotopic (exact) mass is 426 g/mol. The smallest absolute Gasteiger partial charge is 0.378 e. The first kappa shape index (κ1) is 21.6. The summed E-state index contributed by atoms with van der Waals surface area (Å²) in [6.07, 6.45) is 5.23. The van der Waals surface area contributed by atoms with Crippen LogP contribution >= 0.6 is 0 Å². The van der Waals surface area contributed by atoms with Crippen LogP contribution in [0.25, 0.3) is 0 Å². The Balaban J connectivity index is 1.51. The summed E-state index contributed by atoms with van der Waals surface area (Å²) in [5.41, 5.74) is -5.08. The van der Waals surface area contributed by atoms with Gasteiger partial charge in [0.15, 0.2) is 5.96 Å². The van der Waals surface area contributed by atoms with Crippen molar-refractivity contribution < 1.29 is 26.3 Å². The van der Waals surface area contributed by atoms with Gasteiger partial charge >= 0.3 is 15.5 Å². The van der Waals surface area contributed by atoms with E-state index in [0.29, 0.717) is 29.7 Å². The first-order valence-corrected chi connectivity index (χ1v) is 11.3. The first-order chi connectivity index (χ1) is 13.1. The predicted octanol–water partition coefficient (Wildman–Crippen LogP) is 1.81. The highest BCUT2D eigenvalue weighted by Gasteiger charge is 2.59. The van der Waals surface area contributed by atoms with Gasteiger partial charge in [0.2, 0.25) is 0 Å². The van der Waals surface area contributed by atoms with E-state index in [4.69, 9.17) is 4.74 Å². The number of halogens is 3. The molecular formula is C17H29F3N4O3S. The lowest BCUT2D eigenvalue weighted by molar-refractivity contribution is -0.168. The summed E-state index contributed by atoms with van der Waals surface area (Å²) in [4.78, 5) is 4.25. The largest absolute Gasteiger partial charge is 0.511 e. The van der Waals surface area contributed by atoms with Gasteiger partial charge < -0.3 is 15.4 Å². The van der Waals surface area contributed by atoms with Crippen molar-refractivity contribution in [2.45, 2.75) is 69.1 Å². The summed E-state index contributed by atoms with van der Waals surface area (Å²) < 4.78 is 67.4. The standard InChI is InChI=1S/C17H29F3N4O3S/c1-3-27-14-11-13(16(14)7-4-8-16)23-15(21-2)22-12-5-9-24(10-6-12)28(25,26)17(18,19)20/h12-14H,3-11H2,1-2H3,(H2,21,22,23). The fourth-order valence-electron chi connectivity index (χ4n) is 4.56. The van der Waals surface area contributed by atoms with Gasteiger partial charge in [-0.1, -0.05) is 6.42 Å². The summed E-state index contributed by atoms with van der Waals surface area (Å²) >= 11 is 0. The molecule has 2 saturated carbocycles. The Kier molecular flexibility index (Phi) is 6.17. The van der Waals surface area contributed by atoms with Crippen molar-refractivity contribution in [2.75, 3.05) is 26.7 Å². The van der Waals surface area contributed by atoms with Crippen LogP contribution in [0.15, 0.2) is 4.99 Å². The van der Waals surface area contributed by atoms with E-state index in [-0.39, 0.29) is 36.7 Å². The molecule has 1 spiro atoms. The molecule has 0 radical (unpaired) electrons. The van der Waals surface area contributed by atoms with Gasteiger partial charge in [-0.05, 0) is 39.0 Å². The lowest BCUT2D eigenvalue weighted by atomic mass is 9.51. The third-order valence-corrected chi connectivity index (χ3v) is 8.03. The molecule has 0 aromatic heterocycles. The molecule has 2 unspecified atom stereocenters. The maximum Gasteiger partial charge on any atom is 0.511 e. The van der Waals surface area contributed by atoms with Crippen LogP contribution in [0.5, 0.6) is 0 Å². The molecule has 3 rings (SSSR count). The zero-order valence-corrected chi connectivity index (χ0v) is 17.1. The number of piperidine rings is 1. The Morgan fingerprint density at radius 3 is 2.36 bits per heavy atom. The van der Waals surface area contributed by atoms with Gasteiger partial charge in [0.25, 0.3) is 0 Å². The van der Waals surface area contributed by atoms with Gasteiger partial charge in [0.05, 0.1) is 6.10 Å². The Morgan fingerprint density at radius 2 is 1.89 bits per heavy atom. The minimum Gasteiger partial charge on any atom is -0.378 e. The molecular weight excluding hydrogens is 397 g/mol. The molecule has 2 aliphatic carbocycles. The van der Waals surface area contributed by atoms with Crippen LogP contribution in [0.3, 0.4) is 0 Å². The van der Waals surface area contributed by atoms with Gasteiger partial charge in [0.1, 0.15) is 0 Å². The highest BCUT2D eigenvalue weighted by atomic mass is 32.2. The van der Waals surface area contributed by atoms with E-state index in [0.717, 1.165) is 19.3 Å². The molecule has 0 amide bonds. The Morgan fingerprint density at radius 1 is 1.25 bits per heavy atom. The predicted molar refractivity (Wildman–Crippen MR) is 99.3 cm³/mol. The number of sulfonamides is 1. The molecule has 3 fully saturated rings. The second kappa shape index (κ2) is 7.98. The quantitative estimate of drug-likeness (QED) is 0.518. The third kappa shape index (κ3) is 3.85. The number of hydrogen-bond donors (Lipinski definition) is 2. The molecule has 3 aliphatic rings. The van der Waals surface area contributed by atoms with Crippen molar-refractivity contribution in [1.82, 2.24) is 14.9 Å². The van der Waals surface area contributed by atoms with Crippen molar-refractivity contribution in [3.63, 3.8) is 0 Å². The molecule has 28 heavy (non-hydrogen) atoms. The van der Waals surface area contributed by atoms with Crippen LogP contribution in [0, 0.1) is 5.41 Å². The Bertz CT molecular complexity index is 686. The number of ether oxygens (including phenoxy) is 1. The van der Waals surface area contributed by atoms with Crippen LogP contribution in [-0.2, 0) is 14.8 Å². The molecule has 11 heteroatoms. The van der Waals surface area contributed by atoms with E-state index >= 15 is 0 Å². The number of nitrogens with one attached hydrogen (secondary N) is 2. The second-order valence-electron chi connectivity index (χ2n) is 7.80. The highest BCUT2D eigenvalue weighted by molar-refractivity contribution is 7.90. The zero-order chi connectivity index (χ0) is 20.6. The maximum absolute atomic E-state index is 12.7. The second-order valence-corrected chi connectivity index (χ2v) is 9.73. The van der Waals surface area contributed by atoms with Gasteiger partial charge in [0, 0.05) is 44.2 Å². The topological polar surface area (TPSA) is 83.0 Å². The summed E-state index contributed by atoms with van der Waals surface area (Å²) in [6, 6.07) is 0.153. The van der Waals surface area contributed by atoms with E-state index in [2.05, 4.69) is 15.6 Å². The lowest BCUT2D eigenvalue weighted by Crippen LogP contribution is -2.69. The molecule has 2 N–H and O–H groups in total. The van der Waals surface area contributed by atoms with Crippen LogP contribution in [0.2, 0.25) is 0 Å². The van der Waals surface area contributed by atoms with Crippen molar-refractivity contribution in [1.29, 1.82) is 0 Å². The highest BCUT2D eigenvalue weighted by Crippen LogP contribution is 2.57. The van der Waals surface area contributed by atoms with Gasteiger partial charge in [-0.2, -0.15) is 17.5 Å². The average molecular weight is 427 g/mol. The summed E-state index contributed by atoms with van der Waals surface area (Å²) in [5.74, 6) is 0.614. The number of alkyl halides is 3. The molecule has 0 aromatic carbocycles. The molecule has 0 aromatic rings. The van der Waals surface area contributed by atoms with Crippen LogP contribution in [0.4, 0.5) is 13.2 Å². The van der Waals surface area contributed by atoms with Crippen LogP contribution in [-0.4, -0.2) is 69.1 Å². The molecule has 1 heterocycles. The van der Waals surface area contributed by atoms with Gasteiger partial charge in [-0.3, -0.25) is 4.99 Å². The van der Waals surface area contributed by atoms with E-state index in [1.165, 1.54) is 6.42 Å². The molecule has 162 valence electrons. The molecule has 1 saturated heterocycles. The van der Waals surface area contributed by atoms with E-state index in [9.17, 15) is 21.6 Å².